The second kappa shape index (κ2) is 6.50. The fraction of sp³-hybridized carbons (Fsp3) is 0.500. The van der Waals surface area contributed by atoms with Gasteiger partial charge in [0, 0.05) is 5.56 Å². The molecule has 4 heteroatoms. The summed E-state index contributed by atoms with van der Waals surface area (Å²) >= 11 is 0. The van der Waals surface area contributed by atoms with Crippen LogP contribution in [0.4, 0.5) is 4.39 Å². The highest BCUT2D eigenvalue weighted by Crippen LogP contribution is 2.30. The number of carbonyl (C=O) groups is 1. The van der Waals surface area contributed by atoms with Gasteiger partial charge in [0.1, 0.15) is 5.82 Å². The van der Waals surface area contributed by atoms with Gasteiger partial charge < -0.3 is 10.4 Å². The van der Waals surface area contributed by atoms with Crippen LogP contribution in [0.15, 0.2) is 24.3 Å². The second-order valence-corrected chi connectivity index (χ2v) is 4.41. The molecule has 3 nitrogen and oxygen atoms in total. The van der Waals surface area contributed by atoms with Gasteiger partial charge in [-0.3, -0.25) is 4.79 Å². The Morgan fingerprint density at radius 2 is 2.06 bits per heavy atom. The Hall–Kier alpha value is -1.42. The SMILES string of the molecule is CCCNC(CC)(CC(=O)O)c1ccccc1F. The van der Waals surface area contributed by atoms with Gasteiger partial charge >= 0.3 is 5.97 Å². The van der Waals surface area contributed by atoms with E-state index in [1.807, 2.05) is 13.8 Å². The number of aliphatic carboxylic acids is 1. The Bertz CT molecular complexity index is 409. The number of carboxylic acids is 1. The molecule has 1 unspecified atom stereocenters. The van der Waals surface area contributed by atoms with Gasteiger partial charge in [-0.2, -0.15) is 0 Å². The lowest BCUT2D eigenvalue weighted by atomic mass is 9.83. The van der Waals surface area contributed by atoms with Crippen LogP contribution >= 0.6 is 0 Å². The molecule has 0 heterocycles. The van der Waals surface area contributed by atoms with Crippen LogP contribution in [0.25, 0.3) is 0 Å². The molecule has 0 aromatic heterocycles. The van der Waals surface area contributed by atoms with Crippen molar-refractivity contribution in [2.45, 2.75) is 38.6 Å². The fourth-order valence-electron chi connectivity index (χ4n) is 2.17. The van der Waals surface area contributed by atoms with E-state index >= 15 is 0 Å². The summed E-state index contributed by atoms with van der Waals surface area (Å²) in [7, 11) is 0. The maximum Gasteiger partial charge on any atom is 0.305 e. The van der Waals surface area contributed by atoms with Crippen LogP contribution in [-0.4, -0.2) is 17.6 Å². The Labute approximate surface area is 107 Å². The van der Waals surface area contributed by atoms with Crippen LogP contribution in [-0.2, 0) is 10.3 Å². The smallest absolute Gasteiger partial charge is 0.305 e. The molecule has 0 saturated carbocycles. The van der Waals surface area contributed by atoms with Gasteiger partial charge in [0.2, 0.25) is 0 Å². The lowest BCUT2D eigenvalue weighted by Gasteiger charge is -2.33. The Kier molecular flexibility index (Phi) is 5.28. The predicted molar refractivity (Wildman–Crippen MR) is 68.9 cm³/mol. The van der Waals surface area contributed by atoms with Gasteiger partial charge in [0.05, 0.1) is 12.0 Å². The largest absolute Gasteiger partial charge is 0.481 e. The van der Waals surface area contributed by atoms with Crippen molar-refractivity contribution in [1.82, 2.24) is 5.32 Å². The molecule has 0 saturated heterocycles. The fourth-order valence-corrected chi connectivity index (χ4v) is 2.17. The maximum absolute atomic E-state index is 13.9. The molecule has 0 fully saturated rings. The molecule has 0 amide bonds. The zero-order valence-electron chi connectivity index (χ0n) is 10.9. The average Bonchev–Trinajstić information content (AvgIpc) is 2.35. The molecule has 100 valence electrons. The number of benzene rings is 1. The molecule has 1 atom stereocenters. The zero-order chi connectivity index (χ0) is 13.6. The summed E-state index contributed by atoms with van der Waals surface area (Å²) in [5.74, 6) is -1.28. The van der Waals surface area contributed by atoms with Crippen molar-refractivity contribution in [2.24, 2.45) is 0 Å². The molecule has 0 aliphatic heterocycles. The standard InChI is InChI=1S/C14H20FNO2/c1-3-9-16-14(4-2,10-13(17)18)11-7-5-6-8-12(11)15/h5-8,16H,3-4,9-10H2,1-2H3,(H,17,18). The highest BCUT2D eigenvalue weighted by Gasteiger charge is 2.34. The molecule has 0 bridgehead atoms. The number of rotatable bonds is 7. The molecule has 1 aromatic carbocycles. The van der Waals surface area contributed by atoms with Gasteiger partial charge in [-0.15, -0.1) is 0 Å². The van der Waals surface area contributed by atoms with Gasteiger partial charge in [-0.25, -0.2) is 4.39 Å². The van der Waals surface area contributed by atoms with E-state index in [4.69, 9.17) is 5.11 Å². The maximum atomic E-state index is 13.9. The molecule has 18 heavy (non-hydrogen) atoms. The number of halogens is 1. The van der Waals surface area contributed by atoms with Gasteiger partial charge in [-0.05, 0) is 25.5 Å². The van der Waals surface area contributed by atoms with Crippen LogP contribution in [0.3, 0.4) is 0 Å². The molecular weight excluding hydrogens is 233 g/mol. The summed E-state index contributed by atoms with van der Waals surface area (Å²) in [6, 6.07) is 6.37. The lowest BCUT2D eigenvalue weighted by Crippen LogP contribution is -2.44. The van der Waals surface area contributed by atoms with E-state index in [1.54, 1.807) is 18.2 Å². The summed E-state index contributed by atoms with van der Waals surface area (Å²) in [5, 5.41) is 12.3. The zero-order valence-corrected chi connectivity index (χ0v) is 10.9. The highest BCUT2D eigenvalue weighted by atomic mass is 19.1. The van der Waals surface area contributed by atoms with Crippen molar-refractivity contribution in [3.8, 4) is 0 Å². The quantitative estimate of drug-likeness (QED) is 0.785. The average molecular weight is 253 g/mol. The molecule has 0 aliphatic carbocycles. The van der Waals surface area contributed by atoms with Gasteiger partial charge in [0.25, 0.3) is 0 Å². The third kappa shape index (κ3) is 3.29. The first-order chi connectivity index (χ1) is 8.55. The minimum atomic E-state index is -0.927. The molecular formula is C14H20FNO2. The Balaban J connectivity index is 3.16. The van der Waals surface area contributed by atoms with Crippen LogP contribution in [0.2, 0.25) is 0 Å². The molecule has 0 spiro atoms. The molecule has 0 aliphatic rings. The first kappa shape index (κ1) is 14.6. The summed E-state index contributed by atoms with van der Waals surface area (Å²) < 4.78 is 13.9. The van der Waals surface area contributed by atoms with E-state index in [2.05, 4.69) is 5.32 Å². The van der Waals surface area contributed by atoms with Crippen molar-refractivity contribution >= 4 is 5.97 Å². The molecule has 1 aromatic rings. The minimum Gasteiger partial charge on any atom is -0.481 e. The number of carboxylic acid groups (broad SMARTS) is 1. The van der Waals surface area contributed by atoms with Crippen molar-refractivity contribution < 1.29 is 14.3 Å². The summed E-state index contributed by atoms with van der Waals surface area (Å²) in [4.78, 5) is 11.1. The normalized spacial score (nSPS) is 14.2. The van der Waals surface area contributed by atoms with E-state index in [1.165, 1.54) is 6.07 Å². The van der Waals surface area contributed by atoms with Crippen LogP contribution in [0.1, 0.15) is 38.7 Å². The van der Waals surface area contributed by atoms with Crippen molar-refractivity contribution in [2.75, 3.05) is 6.54 Å². The molecule has 1 rings (SSSR count). The molecule has 2 N–H and O–H groups in total. The third-order valence-electron chi connectivity index (χ3n) is 3.16. The second-order valence-electron chi connectivity index (χ2n) is 4.41. The van der Waals surface area contributed by atoms with Crippen molar-refractivity contribution in [3.63, 3.8) is 0 Å². The Morgan fingerprint density at radius 1 is 1.39 bits per heavy atom. The van der Waals surface area contributed by atoms with Crippen molar-refractivity contribution in [1.29, 1.82) is 0 Å². The van der Waals surface area contributed by atoms with Gasteiger partial charge in [0.15, 0.2) is 0 Å². The topological polar surface area (TPSA) is 49.3 Å². The predicted octanol–water partition coefficient (Wildman–Crippen LogP) is 2.91. The van der Waals surface area contributed by atoms with Crippen LogP contribution < -0.4 is 5.32 Å². The number of hydrogen-bond acceptors (Lipinski definition) is 2. The van der Waals surface area contributed by atoms with Crippen LogP contribution in [0, 0.1) is 5.82 Å². The summed E-state index contributed by atoms with van der Waals surface area (Å²) in [5.41, 5.74) is -0.393. The van der Waals surface area contributed by atoms with Gasteiger partial charge in [-0.1, -0.05) is 32.0 Å². The summed E-state index contributed by atoms with van der Waals surface area (Å²) in [6.45, 7) is 4.53. The monoisotopic (exact) mass is 253 g/mol. The third-order valence-corrected chi connectivity index (χ3v) is 3.16. The highest BCUT2D eigenvalue weighted by molar-refractivity contribution is 5.69. The van der Waals surface area contributed by atoms with Crippen molar-refractivity contribution in [3.05, 3.63) is 35.6 Å². The van der Waals surface area contributed by atoms with E-state index in [0.717, 1.165) is 6.42 Å². The molecule has 0 radical (unpaired) electrons. The number of nitrogens with one attached hydrogen (secondary N) is 1. The number of hydrogen-bond donors (Lipinski definition) is 2. The first-order valence-electron chi connectivity index (χ1n) is 6.27. The van der Waals surface area contributed by atoms with Crippen LogP contribution in [0.5, 0.6) is 0 Å². The minimum absolute atomic E-state index is 0.121. The van der Waals surface area contributed by atoms with E-state index in [0.29, 0.717) is 18.5 Å². The Morgan fingerprint density at radius 3 is 2.56 bits per heavy atom. The first-order valence-corrected chi connectivity index (χ1v) is 6.27. The summed E-state index contributed by atoms with van der Waals surface area (Å²) in [6.07, 6.45) is 1.28. The van der Waals surface area contributed by atoms with E-state index in [-0.39, 0.29) is 12.2 Å². The lowest BCUT2D eigenvalue weighted by molar-refractivity contribution is -0.139. The van der Waals surface area contributed by atoms with E-state index in [9.17, 15) is 9.18 Å². The van der Waals surface area contributed by atoms with E-state index < -0.39 is 11.5 Å².